The van der Waals surface area contributed by atoms with E-state index in [2.05, 4.69) is 14.2 Å². The smallest absolute Gasteiger partial charge is 0.314 e. The Hall–Kier alpha value is -2.25. The molecule has 0 heterocycles. The minimum absolute atomic E-state index is 0.529. The number of methoxy groups -OCH3 is 1. The molecule has 8 heteroatoms. The number of ether oxygens (including phenoxy) is 3. The number of esters is 5. The number of carbonyl (C=O) groups excluding carboxylic acids is 5. The maximum absolute atomic E-state index is 11.3. The van der Waals surface area contributed by atoms with Gasteiger partial charge in [0.05, 0.1) is 25.9 Å². The van der Waals surface area contributed by atoms with Crippen molar-refractivity contribution in [2.75, 3.05) is 7.11 Å². The Kier molecular flexibility index (Phi) is 7.02. The lowest BCUT2D eigenvalue weighted by Crippen LogP contribution is -2.25. The van der Waals surface area contributed by atoms with Gasteiger partial charge in [-0.15, -0.1) is 0 Å². The monoisotopic (exact) mass is 274 g/mol. The van der Waals surface area contributed by atoms with Crippen LogP contribution < -0.4 is 0 Å². The molecule has 0 radical (unpaired) electrons. The van der Waals surface area contributed by atoms with Crippen molar-refractivity contribution >= 4 is 29.8 Å². The molecule has 0 aliphatic rings. The van der Waals surface area contributed by atoms with Crippen molar-refractivity contribution in [3.05, 3.63) is 0 Å². The molecule has 0 N–H and O–H groups in total. The van der Waals surface area contributed by atoms with Gasteiger partial charge in [-0.25, -0.2) is 0 Å². The van der Waals surface area contributed by atoms with Gasteiger partial charge in [-0.3, -0.25) is 24.0 Å². The third-order valence-corrected chi connectivity index (χ3v) is 1.88. The first kappa shape index (κ1) is 16.8. The summed E-state index contributed by atoms with van der Waals surface area (Å²) in [5, 5.41) is 0. The van der Waals surface area contributed by atoms with E-state index in [4.69, 9.17) is 0 Å². The zero-order chi connectivity index (χ0) is 15.0. The molecule has 0 aromatic carbocycles. The largest absolute Gasteiger partial charge is 0.469 e. The molecule has 0 amide bonds. The van der Waals surface area contributed by atoms with Gasteiger partial charge in [0.1, 0.15) is 0 Å². The van der Waals surface area contributed by atoms with E-state index in [9.17, 15) is 24.0 Å². The molecule has 0 rings (SSSR count). The first-order valence-electron chi connectivity index (χ1n) is 5.26. The van der Waals surface area contributed by atoms with Crippen molar-refractivity contribution in [1.29, 1.82) is 0 Å². The Morgan fingerprint density at radius 3 is 1.47 bits per heavy atom. The molecule has 19 heavy (non-hydrogen) atoms. The van der Waals surface area contributed by atoms with Crippen molar-refractivity contribution in [2.24, 2.45) is 5.92 Å². The molecule has 0 aliphatic carbocycles. The molecular formula is C11H14O8. The van der Waals surface area contributed by atoms with Gasteiger partial charge >= 0.3 is 29.8 Å². The molecule has 0 atom stereocenters. The lowest BCUT2D eigenvalue weighted by Gasteiger charge is -2.11. The van der Waals surface area contributed by atoms with Gasteiger partial charge in [-0.05, 0) is 0 Å². The minimum atomic E-state index is -1.18. The van der Waals surface area contributed by atoms with Crippen LogP contribution >= 0.6 is 0 Å². The van der Waals surface area contributed by atoms with Crippen LogP contribution in [0.4, 0.5) is 0 Å². The summed E-state index contributed by atoms with van der Waals surface area (Å²) in [6.07, 6.45) is -1.06. The number of carbonyl (C=O) groups is 5. The van der Waals surface area contributed by atoms with Crippen molar-refractivity contribution in [2.45, 2.75) is 26.7 Å². The van der Waals surface area contributed by atoms with Crippen molar-refractivity contribution in [3.63, 3.8) is 0 Å². The molecule has 0 aromatic rings. The lowest BCUT2D eigenvalue weighted by atomic mass is 10.0. The predicted octanol–water partition coefficient (Wildman–Crippen LogP) is -0.265. The SMILES string of the molecule is COC(=O)C(CC(=O)OC(C)=O)CC(=O)OC(C)=O. The van der Waals surface area contributed by atoms with E-state index in [1.807, 2.05) is 0 Å². The topological polar surface area (TPSA) is 113 Å². The summed E-state index contributed by atoms with van der Waals surface area (Å²) >= 11 is 0. The normalized spacial score (nSPS) is 9.68. The fourth-order valence-electron chi connectivity index (χ4n) is 1.21. The van der Waals surface area contributed by atoms with Gasteiger partial charge in [-0.2, -0.15) is 0 Å². The van der Waals surface area contributed by atoms with Crippen LogP contribution in [-0.2, 0) is 38.2 Å². The van der Waals surface area contributed by atoms with Crippen LogP contribution in [0.1, 0.15) is 26.7 Å². The van der Waals surface area contributed by atoms with Gasteiger partial charge in [-0.1, -0.05) is 0 Å². The van der Waals surface area contributed by atoms with Gasteiger partial charge in [0.15, 0.2) is 0 Å². The Balaban J connectivity index is 4.60. The molecule has 0 saturated heterocycles. The highest BCUT2D eigenvalue weighted by atomic mass is 16.6. The van der Waals surface area contributed by atoms with Crippen molar-refractivity contribution in [3.8, 4) is 0 Å². The third kappa shape index (κ3) is 7.63. The standard InChI is InChI=1S/C11H14O8/c1-6(12)18-9(14)4-8(11(16)17-3)5-10(15)19-7(2)13/h8H,4-5H2,1-3H3. The molecule has 0 spiro atoms. The molecule has 0 bridgehead atoms. The number of hydrogen-bond acceptors (Lipinski definition) is 8. The quantitative estimate of drug-likeness (QED) is 0.382. The summed E-state index contributed by atoms with van der Waals surface area (Å²) in [7, 11) is 1.07. The van der Waals surface area contributed by atoms with Crippen LogP contribution in [0.25, 0.3) is 0 Å². The summed E-state index contributed by atoms with van der Waals surface area (Å²) in [5.41, 5.74) is 0. The van der Waals surface area contributed by atoms with Gasteiger partial charge in [0, 0.05) is 13.8 Å². The average Bonchev–Trinajstić information content (AvgIpc) is 2.24. The second-order valence-corrected chi connectivity index (χ2v) is 3.56. The van der Waals surface area contributed by atoms with Crippen molar-refractivity contribution < 1.29 is 38.2 Å². The first-order chi connectivity index (χ1) is 8.76. The highest BCUT2D eigenvalue weighted by Gasteiger charge is 2.28. The Labute approximate surface area is 109 Å². The van der Waals surface area contributed by atoms with Gasteiger partial charge in [0.25, 0.3) is 0 Å². The van der Waals surface area contributed by atoms with Crippen LogP contribution in [-0.4, -0.2) is 37.0 Å². The summed E-state index contributed by atoms with van der Waals surface area (Å²) < 4.78 is 12.9. The summed E-state index contributed by atoms with van der Waals surface area (Å²) in [4.78, 5) is 54.9. The summed E-state index contributed by atoms with van der Waals surface area (Å²) in [6.45, 7) is 2.05. The highest BCUT2D eigenvalue weighted by Crippen LogP contribution is 2.13. The zero-order valence-corrected chi connectivity index (χ0v) is 10.8. The summed E-state index contributed by atoms with van der Waals surface area (Å²) in [5.74, 6) is -5.64. The van der Waals surface area contributed by atoms with Gasteiger partial charge in [0.2, 0.25) is 0 Å². The van der Waals surface area contributed by atoms with E-state index in [-0.39, 0.29) is 0 Å². The number of hydrogen-bond donors (Lipinski definition) is 0. The van der Waals surface area contributed by atoms with E-state index in [0.29, 0.717) is 0 Å². The third-order valence-electron chi connectivity index (χ3n) is 1.88. The van der Waals surface area contributed by atoms with Crippen LogP contribution in [0, 0.1) is 5.92 Å². The van der Waals surface area contributed by atoms with Crippen LogP contribution in [0.5, 0.6) is 0 Å². The van der Waals surface area contributed by atoms with Crippen LogP contribution in [0.2, 0.25) is 0 Å². The summed E-state index contributed by atoms with van der Waals surface area (Å²) in [6, 6.07) is 0. The molecule has 0 fully saturated rings. The molecular weight excluding hydrogens is 260 g/mol. The number of rotatable bonds is 5. The average molecular weight is 274 g/mol. The molecule has 0 aromatic heterocycles. The van der Waals surface area contributed by atoms with E-state index in [1.165, 1.54) is 0 Å². The predicted molar refractivity (Wildman–Crippen MR) is 58.3 cm³/mol. The highest BCUT2D eigenvalue weighted by molar-refractivity contribution is 5.90. The van der Waals surface area contributed by atoms with Crippen molar-refractivity contribution in [1.82, 2.24) is 0 Å². The molecule has 0 saturated carbocycles. The van der Waals surface area contributed by atoms with E-state index < -0.39 is 48.6 Å². The molecule has 8 nitrogen and oxygen atoms in total. The Morgan fingerprint density at radius 1 is 0.842 bits per heavy atom. The van der Waals surface area contributed by atoms with Gasteiger partial charge < -0.3 is 14.2 Å². The maximum Gasteiger partial charge on any atom is 0.314 e. The fourth-order valence-corrected chi connectivity index (χ4v) is 1.21. The zero-order valence-electron chi connectivity index (χ0n) is 10.8. The fraction of sp³-hybridized carbons (Fsp3) is 0.545. The minimum Gasteiger partial charge on any atom is -0.469 e. The lowest BCUT2D eigenvalue weighted by molar-refractivity contribution is -0.164. The molecule has 0 aliphatic heterocycles. The molecule has 106 valence electrons. The molecule has 0 unspecified atom stereocenters. The van der Waals surface area contributed by atoms with E-state index in [1.54, 1.807) is 0 Å². The second kappa shape index (κ2) is 7.96. The Bertz CT molecular complexity index is 367. The van der Waals surface area contributed by atoms with Crippen LogP contribution in [0.15, 0.2) is 0 Å². The van der Waals surface area contributed by atoms with E-state index >= 15 is 0 Å². The Morgan fingerprint density at radius 2 is 1.21 bits per heavy atom. The van der Waals surface area contributed by atoms with Crippen LogP contribution in [0.3, 0.4) is 0 Å². The second-order valence-electron chi connectivity index (χ2n) is 3.56. The van der Waals surface area contributed by atoms with E-state index in [0.717, 1.165) is 21.0 Å². The maximum atomic E-state index is 11.3. The first-order valence-corrected chi connectivity index (χ1v) is 5.26.